The number of anilines is 1. The average molecular weight is 270 g/mol. The van der Waals surface area contributed by atoms with Gasteiger partial charge in [0.1, 0.15) is 0 Å². The van der Waals surface area contributed by atoms with E-state index in [-0.39, 0.29) is 6.61 Å². The van der Waals surface area contributed by atoms with Crippen LogP contribution < -0.4 is 4.90 Å². The van der Waals surface area contributed by atoms with E-state index in [1.807, 2.05) is 19.0 Å². The average Bonchev–Trinajstić information content (AvgIpc) is 3.08. The lowest BCUT2D eigenvalue weighted by molar-refractivity contribution is 0.225. The van der Waals surface area contributed by atoms with Gasteiger partial charge in [-0.1, -0.05) is 0 Å². The first kappa shape index (κ1) is 13.7. The fraction of sp³-hybridized carbons (Fsp3) is 0.833. The molecule has 18 heavy (non-hydrogen) atoms. The van der Waals surface area contributed by atoms with Crippen LogP contribution in [0.4, 0.5) is 5.13 Å². The third-order valence-electron chi connectivity index (χ3n) is 3.10. The standard InChI is InChI=1S/C12H22N4OS/c1-15(2)12-13-11(14-18-12)9-16(10-5-6-10)7-3-4-8-17/h10,17H,3-9H2,1-2H3. The van der Waals surface area contributed by atoms with Gasteiger partial charge in [-0.25, -0.2) is 4.98 Å². The van der Waals surface area contributed by atoms with E-state index in [0.29, 0.717) is 0 Å². The second-order valence-electron chi connectivity index (χ2n) is 5.02. The van der Waals surface area contributed by atoms with E-state index in [0.717, 1.165) is 42.9 Å². The predicted octanol–water partition coefficient (Wildman–Crippen LogP) is 1.34. The molecule has 0 saturated heterocycles. The van der Waals surface area contributed by atoms with Crippen molar-refractivity contribution in [2.24, 2.45) is 0 Å². The molecule has 5 nitrogen and oxygen atoms in total. The zero-order valence-corrected chi connectivity index (χ0v) is 12.0. The van der Waals surface area contributed by atoms with Crippen LogP contribution in [0.25, 0.3) is 0 Å². The lowest BCUT2D eigenvalue weighted by Gasteiger charge is -2.19. The van der Waals surface area contributed by atoms with Crippen LogP contribution in [-0.2, 0) is 6.54 Å². The first-order valence-corrected chi connectivity index (χ1v) is 7.33. The highest BCUT2D eigenvalue weighted by molar-refractivity contribution is 7.09. The molecule has 2 rings (SSSR count). The van der Waals surface area contributed by atoms with Crippen LogP contribution in [0.2, 0.25) is 0 Å². The molecule has 1 saturated carbocycles. The monoisotopic (exact) mass is 270 g/mol. The van der Waals surface area contributed by atoms with Crippen molar-refractivity contribution in [2.45, 2.75) is 38.3 Å². The van der Waals surface area contributed by atoms with E-state index in [1.165, 1.54) is 24.4 Å². The molecule has 0 unspecified atom stereocenters. The van der Waals surface area contributed by atoms with Gasteiger partial charge in [-0.3, -0.25) is 4.90 Å². The summed E-state index contributed by atoms with van der Waals surface area (Å²) < 4.78 is 4.41. The smallest absolute Gasteiger partial charge is 0.204 e. The number of hydrogen-bond acceptors (Lipinski definition) is 6. The molecule has 1 aliphatic carbocycles. The number of nitrogens with zero attached hydrogens (tertiary/aromatic N) is 4. The molecule has 1 aromatic heterocycles. The summed E-state index contributed by atoms with van der Waals surface area (Å²) in [5.41, 5.74) is 0. The van der Waals surface area contributed by atoms with Gasteiger partial charge in [0.25, 0.3) is 0 Å². The van der Waals surface area contributed by atoms with Gasteiger partial charge in [-0.2, -0.15) is 4.37 Å². The SMILES string of the molecule is CN(C)c1nc(CN(CCCCO)C2CC2)ns1. The first-order chi connectivity index (χ1) is 8.70. The summed E-state index contributed by atoms with van der Waals surface area (Å²) in [6, 6.07) is 0.718. The second kappa shape index (κ2) is 6.45. The summed E-state index contributed by atoms with van der Waals surface area (Å²) in [4.78, 5) is 8.98. The molecule has 0 aromatic carbocycles. The summed E-state index contributed by atoms with van der Waals surface area (Å²) in [6.07, 6.45) is 4.53. The Morgan fingerprint density at radius 3 is 2.67 bits per heavy atom. The lowest BCUT2D eigenvalue weighted by Crippen LogP contribution is -2.27. The molecule has 102 valence electrons. The summed E-state index contributed by atoms with van der Waals surface area (Å²) in [5, 5.41) is 9.81. The number of rotatable bonds is 8. The maximum atomic E-state index is 8.84. The number of hydrogen-bond donors (Lipinski definition) is 1. The fourth-order valence-corrected chi connectivity index (χ4v) is 2.52. The maximum Gasteiger partial charge on any atom is 0.204 e. The molecule has 1 N–H and O–H groups in total. The topological polar surface area (TPSA) is 52.5 Å². The quantitative estimate of drug-likeness (QED) is 0.723. The van der Waals surface area contributed by atoms with Gasteiger partial charge < -0.3 is 10.0 Å². The Kier molecular flexibility index (Phi) is 4.91. The molecule has 0 amide bonds. The molecule has 0 bridgehead atoms. The Labute approximate surface area is 113 Å². The normalized spacial score (nSPS) is 15.3. The van der Waals surface area contributed by atoms with Crippen LogP contribution in [0.15, 0.2) is 0 Å². The van der Waals surface area contributed by atoms with E-state index in [1.54, 1.807) is 0 Å². The van der Waals surface area contributed by atoms with Crippen LogP contribution in [0.1, 0.15) is 31.5 Å². The van der Waals surface area contributed by atoms with E-state index in [2.05, 4.69) is 14.3 Å². The molecule has 1 heterocycles. The van der Waals surface area contributed by atoms with Crippen molar-refractivity contribution in [1.29, 1.82) is 0 Å². The Morgan fingerprint density at radius 1 is 1.33 bits per heavy atom. The van der Waals surface area contributed by atoms with Gasteiger partial charge in [0.05, 0.1) is 6.54 Å². The second-order valence-corrected chi connectivity index (χ2v) is 5.75. The van der Waals surface area contributed by atoms with Crippen molar-refractivity contribution < 1.29 is 5.11 Å². The van der Waals surface area contributed by atoms with Crippen LogP contribution >= 0.6 is 11.5 Å². The van der Waals surface area contributed by atoms with Crippen molar-refractivity contribution >= 4 is 16.7 Å². The molecule has 0 radical (unpaired) electrons. The highest BCUT2D eigenvalue weighted by Gasteiger charge is 2.29. The summed E-state index contributed by atoms with van der Waals surface area (Å²) >= 11 is 1.46. The minimum absolute atomic E-state index is 0.290. The number of aliphatic hydroxyl groups is 1. The van der Waals surface area contributed by atoms with Gasteiger partial charge >= 0.3 is 0 Å². The number of aliphatic hydroxyl groups excluding tert-OH is 1. The van der Waals surface area contributed by atoms with Crippen LogP contribution in [0.3, 0.4) is 0 Å². The largest absolute Gasteiger partial charge is 0.396 e. The van der Waals surface area contributed by atoms with Gasteiger partial charge in [0.2, 0.25) is 5.13 Å². The van der Waals surface area contributed by atoms with Gasteiger partial charge in [0.15, 0.2) is 5.82 Å². The lowest BCUT2D eigenvalue weighted by atomic mass is 10.3. The number of aromatic nitrogens is 2. The molecular weight excluding hydrogens is 248 g/mol. The molecule has 6 heteroatoms. The third kappa shape index (κ3) is 3.90. The van der Waals surface area contributed by atoms with E-state index in [4.69, 9.17) is 5.11 Å². The van der Waals surface area contributed by atoms with Crippen LogP contribution in [0.5, 0.6) is 0 Å². The van der Waals surface area contributed by atoms with Crippen LogP contribution in [0, 0.1) is 0 Å². The highest BCUT2D eigenvalue weighted by atomic mass is 32.1. The van der Waals surface area contributed by atoms with Gasteiger partial charge in [-0.15, -0.1) is 0 Å². The Hall–Kier alpha value is -0.720. The zero-order chi connectivity index (χ0) is 13.0. The minimum Gasteiger partial charge on any atom is -0.396 e. The third-order valence-corrected chi connectivity index (χ3v) is 4.02. The molecule has 0 aliphatic heterocycles. The van der Waals surface area contributed by atoms with Crippen LogP contribution in [-0.4, -0.2) is 52.7 Å². The van der Waals surface area contributed by atoms with E-state index >= 15 is 0 Å². The van der Waals surface area contributed by atoms with Crippen molar-refractivity contribution in [3.8, 4) is 0 Å². The predicted molar refractivity (Wildman–Crippen MR) is 74.0 cm³/mol. The molecule has 0 atom stereocenters. The van der Waals surface area contributed by atoms with Crippen molar-refractivity contribution in [3.05, 3.63) is 5.82 Å². The Bertz CT molecular complexity index is 365. The summed E-state index contributed by atoms with van der Waals surface area (Å²) in [7, 11) is 3.98. The van der Waals surface area contributed by atoms with Gasteiger partial charge in [0, 0.05) is 38.3 Å². The van der Waals surface area contributed by atoms with Gasteiger partial charge in [-0.05, 0) is 32.2 Å². The van der Waals surface area contributed by atoms with E-state index in [9.17, 15) is 0 Å². The van der Waals surface area contributed by atoms with Crippen molar-refractivity contribution in [2.75, 3.05) is 32.1 Å². The number of unbranched alkanes of at least 4 members (excludes halogenated alkanes) is 1. The summed E-state index contributed by atoms with van der Waals surface area (Å²) in [6.45, 7) is 2.18. The molecule has 0 spiro atoms. The zero-order valence-electron chi connectivity index (χ0n) is 11.2. The van der Waals surface area contributed by atoms with E-state index < -0.39 is 0 Å². The Morgan fingerprint density at radius 2 is 2.11 bits per heavy atom. The van der Waals surface area contributed by atoms with Crippen molar-refractivity contribution in [1.82, 2.24) is 14.3 Å². The minimum atomic E-state index is 0.290. The molecule has 1 aromatic rings. The summed E-state index contributed by atoms with van der Waals surface area (Å²) in [5.74, 6) is 0.930. The van der Waals surface area contributed by atoms with Crippen molar-refractivity contribution in [3.63, 3.8) is 0 Å². The maximum absolute atomic E-state index is 8.84. The fourth-order valence-electron chi connectivity index (χ4n) is 1.93. The molecule has 1 aliphatic rings. The Balaban J connectivity index is 1.87. The highest BCUT2D eigenvalue weighted by Crippen LogP contribution is 2.28. The molecule has 1 fully saturated rings. The molecular formula is C12H22N4OS. The first-order valence-electron chi connectivity index (χ1n) is 6.55.